The number of nitrogens with one attached hydrogen (secondary N) is 3. The number of piperazine rings is 1. The van der Waals surface area contributed by atoms with Gasteiger partial charge in [0.1, 0.15) is 0 Å². The Morgan fingerprint density at radius 3 is 2.50 bits per heavy atom. The van der Waals surface area contributed by atoms with Gasteiger partial charge in [-0.05, 0) is 49.1 Å². The van der Waals surface area contributed by atoms with Crippen molar-refractivity contribution >= 4 is 5.91 Å². The Kier molecular flexibility index (Phi) is 6.65. The Bertz CT molecular complexity index is 867. The number of hydrogen-bond acceptors (Lipinski definition) is 4. The smallest absolute Gasteiger partial charge is 0.253 e. The highest BCUT2D eigenvalue weighted by atomic mass is 16.1. The summed E-state index contributed by atoms with van der Waals surface area (Å²) in [5.74, 6) is 0.254. The lowest BCUT2D eigenvalue weighted by Gasteiger charge is -2.29. The van der Waals surface area contributed by atoms with Gasteiger partial charge in [-0.1, -0.05) is 19.1 Å². The number of aromatic amines is 1. The molecule has 6 heteroatoms. The predicted octanol–water partition coefficient (Wildman–Crippen LogP) is 1.93. The van der Waals surface area contributed by atoms with Crippen molar-refractivity contribution in [3.05, 3.63) is 68.6 Å². The summed E-state index contributed by atoms with van der Waals surface area (Å²) in [5.41, 5.74) is 4.01. The first-order valence-corrected chi connectivity index (χ1v) is 9.94. The van der Waals surface area contributed by atoms with Crippen molar-refractivity contribution in [2.45, 2.75) is 33.2 Å². The third kappa shape index (κ3) is 5.09. The van der Waals surface area contributed by atoms with Gasteiger partial charge in [-0.15, -0.1) is 0 Å². The van der Waals surface area contributed by atoms with Crippen LogP contribution in [0.4, 0.5) is 0 Å². The van der Waals surface area contributed by atoms with Gasteiger partial charge >= 0.3 is 0 Å². The predicted molar refractivity (Wildman–Crippen MR) is 112 cm³/mol. The van der Waals surface area contributed by atoms with E-state index in [0.29, 0.717) is 17.0 Å². The standard InChI is InChI=1S/C22H30N4O2/c1-15-12-17(3)25-22(28)20(15)13-24-21(27)19-6-4-18(5-7-19)16(2)14-26-10-8-23-9-11-26/h4-7,12,16,23H,8-11,13-14H2,1-3H3,(H,24,27)(H,25,28). The van der Waals surface area contributed by atoms with Gasteiger partial charge in [-0.25, -0.2) is 0 Å². The molecule has 0 bridgehead atoms. The van der Waals surface area contributed by atoms with Gasteiger partial charge in [0.15, 0.2) is 0 Å². The minimum atomic E-state index is -0.166. The van der Waals surface area contributed by atoms with E-state index in [-0.39, 0.29) is 18.0 Å². The number of hydrogen-bond donors (Lipinski definition) is 3. The van der Waals surface area contributed by atoms with Gasteiger partial charge in [-0.3, -0.25) is 9.59 Å². The van der Waals surface area contributed by atoms with Gasteiger partial charge in [0, 0.05) is 56.1 Å². The van der Waals surface area contributed by atoms with E-state index in [9.17, 15) is 9.59 Å². The first-order valence-electron chi connectivity index (χ1n) is 9.94. The molecule has 1 aliphatic rings. The average Bonchev–Trinajstić information content (AvgIpc) is 2.68. The number of rotatable bonds is 6. The van der Waals surface area contributed by atoms with Crippen molar-refractivity contribution in [3.8, 4) is 0 Å². The largest absolute Gasteiger partial charge is 0.348 e. The van der Waals surface area contributed by atoms with Crippen LogP contribution in [0.15, 0.2) is 35.1 Å². The van der Waals surface area contributed by atoms with Crippen molar-refractivity contribution in [3.63, 3.8) is 0 Å². The highest BCUT2D eigenvalue weighted by molar-refractivity contribution is 5.94. The average molecular weight is 383 g/mol. The number of nitrogens with zero attached hydrogens (tertiary/aromatic N) is 1. The second-order valence-electron chi connectivity index (χ2n) is 7.70. The molecule has 1 aliphatic heterocycles. The molecule has 28 heavy (non-hydrogen) atoms. The van der Waals surface area contributed by atoms with E-state index in [1.165, 1.54) is 5.56 Å². The Morgan fingerprint density at radius 1 is 1.18 bits per heavy atom. The zero-order valence-electron chi connectivity index (χ0n) is 17.0. The molecular weight excluding hydrogens is 352 g/mol. The summed E-state index contributed by atoms with van der Waals surface area (Å²) in [6.07, 6.45) is 0. The van der Waals surface area contributed by atoms with Crippen LogP contribution in [0.1, 0.15) is 45.6 Å². The van der Waals surface area contributed by atoms with Gasteiger partial charge < -0.3 is 20.5 Å². The number of pyridine rings is 1. The number of aromatic nitrogens is 1. The summed E-state index contributed by atoms with van der Waals surface area (Å²) in [6.45, 7) is 11.5. The number of benzene rings is 1. The quantitative estimate of drug-likeness (QED) is 0.714. The van der Waals surface area contributed by atoms with E-state index in [1.54, 1.807) is 0 Å². The first kappa shape index (κ1) is 20.3. The molecule has 1 unspecified atom stereocenters. The normalized spacial score (nSPS) is 16.0. The van der Waals surface area contributed by atoms with E-state index in [4.69, 9.17) is 0 Å². The lowest BCUT2D eigenvalue weighted by Crippen LogP contribution is -2.44. The minimum Gasteiger partial charge on any atom is -0.348 e. The van der Waals surface area contributed by atoms with Crippen LogP contribution < -0.4 is 16.2 Å². The molecule has 0 radical (unpaired) electrons. The maximum atomic E-state index is 12.5. The van der Waals surface area contributed by atoms with Crippen LogP contribution in [-0.2, 0) is 6.54 Å². The zero-order valence-corrected chi connectivity index (χ0v) is 17.0. The monoisotopic (exact) mass is 382 g/mol. The third-order valence-corrected chi connectivity index (χ3v) is 5.40. The molecule has 1 amide bonds. The van der Waals surface area contributed by atoms with E-state index < -0.39 is 0 Å². The van der Waals surface area contributed by atoms with Crippen molar-refractivity contribution < 1.29 is 4.79 Å². The Balaban J connectivity index is 1.58. The zero-order chi connectivity index (χ0) is 20.1. The van der Waals surface area contributed by atoms with Crippen molar-refractivity contribution in [2.24, 2.45) is 0 Å². The molecule has 3 rings (SSSR count). The highest BCUT2D eigenvalue weighted by Crippen LogP contribution is 2.18. The van der Waals surface area contributed by atoms with E-state index >= 15 is 0 Å². The molecule has 1 atom stereocenters. The molecule has 0 spiro atoms. The van der Waals surface area contributed by atoms with E-state index in [0.717, 1.165) is 44.0 Å². The summed E-state index contributed by atoms with van der Waals surface area (Å²) < 4.78 is 0. The summed E-state index contributed by atoms with van der Waals surface area (Å²) in [7, 11) is 0. The molecular formula is C22H30N4O2. The Morgan fingerprint density at radius 2 is 1.86 bits per heavy atom. The van der Waals surface area contributed by atoms with Crippen LogP contribution in [0.25, 0.3) is 0 Å². The SMILES string of the molecule is Cc1cc(C)c(CNC(=O)c2ccc(C(C)CN3CCNCC3)cc2)c(=O)[nH]1. The topological polar surface area (TPSA) is 77.2 Å². The first-order chi connectivity index (χ1) is 13.4. The number of aryl methyl sites for hydroxylation is 2. The van der Waals surface area contributed by atoms with Gasteiger partial charge in [0.05, 0.1) is 0 Å². The fourth-order valence-corrected chi connectivity index (χ4v) is 3.72. The lowest BCUT2D eigenvalue weighted by molar-refractivity contribution is 0.0950. The summed E-state index contributed by atoms with van der Waals surface area (Å²) in [6, 6.07) is 9.71. The van der Waals surface area contributed by atoms with Crippen LogP contribution in [0, 0.1) is 13.8 Å². The Labute approximate surface area is 166 Å². The fraction of sp³-hybridized carbons (Fsp3) is 0.455. The van der Waals surface area contributed by atoms with Crippen LogP contribution in [0.5, 0.6) is 0 Å². The van der Waals surface area contributed by atoms with Crippen LogP contribution in [-0.4, -0.2) is 48.5 Å². The van der Waals surface area contributed by atoms with E-state index in [1.807, 2.05) is 44.2 Å². The number of carbonyl (C=O) groups excluding carboxylic acids is 1. The van der Waals surface area contributed by atoms with Crippen LogP contribution in [0.2, 0.25) is 0 Å². The molecule has 1 aromatic carbocycles. The van der Waals surface area contributed by atoms with Crippen LogP contribution in [0.3, 0.4) is 0 Å². The van der Waals surface area contributed by atoms with Crippen molar-refractivity contribution in [1.82, 2.24) is 20.5 Å². The fourth-order valence-electron chi connectivity index (χ4n) is 3.72. The molecule has 2 heterocycles. The molecule has 1 saturated heterocycles. The molecule has 1 aromatic heterocycles. The molecule has 2 aromatic rings. The number of carbonyl (C=O) groups is 1. The maximum Gasteiger partial charge on any atom is 0.253 e. The summed E-state index contributed by atoms with van der Waals surface area (Å²) >= 11 is 0. The summed E-state index contributed by atoms with van der Waals surface area (Å²) in [4.78, 5) is 29.8. The molecule has 150 valence electrons. The minimum absolute atomic E-state index is 0.144. The summed E-state index contributed by atoms with van der Waals surface area (Å²) in [5, 5.41) is 6.23. The Hall–Kier alpha value is -2.44. The van der Waals surface area contributed by atoms with Crippen molar-refractivity contribution in [2.75, 3.05) is 32.7 Å². The maximum absolute atomic E-state index is 12.5. The molecule has 0 aliphatic carbocycles. The lowest BCUT2D eigenvalue weighted by atomic mass is 9.98. The second kappa shape index (κ2) is 9.17. The number of H-pyrrole nitrogens is 1. The molecule has 0 saturated carbocycles. The molecule has 1 fully saturated rings. The van der Waals surface area contributed by atoms with Crippen LogP contribution >= 0.6 is 0 Å². The number of amides is 1. The molecule has 3 N–H and O–H groups in total. The van der Waals surface area contributed by atoms with E-state index in [2.05, 4.69) is 27.4 Å². The van der Waals surface area contributed by atoms with Gasteiger partial charge in [-0.2, -0.15) is 0 Å². The second-order valence-corrected chi connectivity index (χ2v) is 7.70. The van der Waals surface area contributed by atoms with Gasteiger partial charge in [0.25, 0.3) is 11.5 Å². The third-order valence-electron chi connectivity index (χ3n) is 5.40. The van der Waals surface area contributed by atoms with Gasteiger partial charge in [0.2, 0.25) is 0 Å². The highest BCUT2D eigenvalue weighted by Gasteiger charge is 2.15. The van der Waals surface area contributed by atoms with Crippen molar-refractivity contribution in [1.29, 1.82) is 0 Å². The molecule has 6 nitrogen and oxygen atoms in total.